The molecule has 1 saturated heterocycles. The molecule has 0 radical (unpaired) electrons. The Labute approximate surface area is 277 Å². The van der Waals surface area contributed by atoms with Gasteiger partial charge in [-0.15, -0.1) is 23.5 Å². The Hall–Kier alpha value is -3.05. The molecule has 0 aliphatic carbocycles. The van der Waals surface area contributed by atoms with Crippen LogP contribution in [0, 0.1) is 29.2 Å². The molecule has 0 amide bonds. The van der Waals surface area contributed by atoms with Crippen LogP contribution in [0.3, 0.4) is 0 Å². The lowest BCUT2D eigenvalue weighted by Gasteiger charge is -2.28. The van der Waals surface area contributed by atoms with Crippen molar-refractivity contribution in [2.24, 2.45) is 5.92 Å². The minimum Gasteiger partial charge on any atom is -0.429 e. The van der Waals surface area contributed by atoms with Gasteiger partial charge in [0.15, 0.2) is 0 Å². The second-order valence-corrected chi connectivity index (χ2v) is 13.6. The number of benzene rings is 4. The minimum atomic E-state index is -4.25. The summed E-state index contributed by atoms with van der Waals surface area (Å²) < 4.78 is 97.4. The van der Waals surface area contributed by atoms with Gasteiger partial charge in [-0.2, -0.15) is 8.78 Å². The van der Waals surface area contributed by atoms with E-state index in [0.29, 0.717) is 35.8 Å². The molecule has 242 valence electrons. The van der Waals surface area contributed by atoms with Crippen molar-refractivity contribution in [1.29, 1.82) is 0 Å². The summed E-state index contributed by atoms with van der Waals surface area (Å²) in [6.07, 6.45) is -0.146. The Morgan fingerprint density at radius 3 is 1.89 bits per heavy atom. The molecule has 1 fully saturated rings. The number of rotatable bonds is 11. The van der Waals surface area contributed by atoms with E-state index >= 15 is 8.78 Å². The number of alkyl halides is 2. The van der Waals surface area contributed by atoms with Gasteiger partial charge in [0.1, 0.15) is 39.6 Å². The first-order chi connectivity index (χ1) is 22.0. The smallest absolute Gasteiger partial charge is 0.429 e. The Kier molecular flexibility index (Phi) is 11.4. The summed E-state index contributed by atoms with van der Waals surface area (Å²) in [7, 11) is 0. The highest BCUT2D eigenvalue weighted by Gasteiger charge is 2.41. The standard InChI is InChI=1S/C35H29ClF6O2S2/c1-2-43-14-13-23-19-45-34(46-20-23)26-17-28(37)32(29(38)18-26)35(41,42)44-27-11-9-25(10-12-27)24-7-5-21(6-8-24)3-4-22-15-30(39)33(36)31(40)16-22/h3-12,15-18,23,34H,2,13-14,19-20H2,1H3/b4-3+. The third-order valence-corrected chi connectivity index (χ3v) is 10.9. The second kappa shape index (κ2) is 15.2. The maximum absolute atomic E-state index is 15.1. The molecule has 11 heteroatoms. The van der Waals surface area contributed by atoms with Crippen LogP contribution in [0.4, 0.5) is 26.3 Å². The van der Waals surface area contributed by atoms with E-state index in [2.05, 4.69) is 0 Å². The quantitative estimate of drug-likeness (QED) is 0.0673. The Morgan fingerprint density at radius 2 is 1.33 bits per heavy atom. The van der Waals surface area contributed by atoms with Gasteiger partial charge in [-0.3, -0.25) is 0 Å². The van der Waals surface area contributed by atoms with Crippen LogP contribution in [-0.4, -0.2) is 24.7 Å². The van der Waals surface area contributed by atoms with Crippen molar-refractivity contribution in [2.75, 3.05) is 24.7 Å². The Morgan fingerprint density at radius 1 is 0.783 bits per heavy atom. The molecule has 0 spiro atoms. The Balaban J connectivity index is 1.21. The van der Waals surface area contributed by atoms with Crippen molar-refractivity contribution in [3.05, 3.63) is 123 Å². The average Bonchev–Trinajstić information content (AvgIpc) is 3.03. The second-order valence-electron chi connectivity index (χ2n) is 10.6. The van der Waals surface area contributed by atoms with Crippen LogP contribution in [0.15, 0.2) is 72.8 Å². The Bertz CT molecular complexity index is 1630. The summed E-state index contributed by atoms with van der Waals surface area (Å²) >= 11 is 8.60. The summed E-state index contributed by atoms with van der Waals surface area (Å²) in [4.78, 5) is 0. The van der Waals surface area contributed by atoms with Crippen molar-refractivity contribution in [2.45, 2.75) is 24.0 Å². The van der Waals surface area contributed by atoms with Crippen molar-refractivity contribution in [3.63, 3.8) is 0 Å². The van der Waals surface area contributed by atoms with Gasteiger partial charge in [-0.25, -0.2) is 17.6 Å². The summed E-state index contributed by atoms with van der Waals surface area (Å²) in [5.41, 5.74) is 1.36. The molecule has 46 heavy (non-hydrogen) atoms. The summed E-state index contributed by atoms with van der Waals surface area (Å²) in [6.45, 7) is 3.25. The lowest BCUT2D eigenvalue weighted by molar-refractivity contribution is -0.189. The van der Waals surface area contributed by atoms with Crippen LogP contribution in [0.25, 0.3) is 23.3 Å². The van der Waals surface area contributed by atoms with E-state index in [1.165, 1.54) is 18.2 Å². The maximum Gasteiger partial charge on any atom is 0.432 e. The van der Waals surface area contributed by atoms with Crippen LogP contribution < -0.4 is 4.74 Å². The molecular weight excluding hydrogens is 666 g/mol. The van der Waals surface area contributed by atoms with Gasteiger partial charge in [-0.1, -0.05) is 60.2 Å². The van der Waals surface area contributed by atoms with Crippen LogP contribution in [0.2, 0.25) is 5.02 Å². The first-order valence-electron chi connectivity index (χ1n) is 14.4. The molecule has 2 nitrogen and oxygen atoms in total. The van der Waals surface area contributed by atoms with Crippen LogP contribution in [0.5, 0.6) is 5.75 Å². The zero-order valence-electron chi connectivity index (χ0n) is 24.6. The van der Waals surface area contributed by atoms with Crippen LogP contribution in [-0.2, 0) is 10.8 Å². The van der Waals surface area contributed by atoms with Crippen molar-refractivity contribution in [3.8, 4) is 16.9 Å². The van der Waals surface area contributed by atoms with E-state index in [-0.39, 0.29) is 10.3 Å². The molecule has 0 atom stereocenters. The summed E-state index contributed by atoms with van der Waals surface area (Å²) in [5, 5.41) is -0.564. The number of hydrogen-bond donors (Lipinski definition) is 0. The molecule has 1 aliphatic heterocycles. The lowest BCUT2D eigenvalue weighted by Crippen LogP contribution is -2.25. The van der Waals surface area contributed by atoms with Crippen molar-refractivity contribution in [1.82, 2.24) is 0 Å². The van der Waals surface area contributed by atoms with Gasteiger partial charge < -0.3 is 9.47 Å². The van der Waals surface area contributed by atoms with Crippen molar-refractivity contribution < 1.29 is 35.8 Å². The predicted octanol–water partition coefficient (Wildman–Crippen LogP) is 11.4. The summed E-state index contributed by atoms with van der Waals surface area (Å²) in [6, 6.07) is 17.0. The molecular formula is C35H29ClF6O2S2. The van der Waals surface area contributed by atoms with Gasteiger partial charge in [-0.05, 0) is 95.0 Å². The summed E-state index contributed by atoms with van der Waals surface area (Å²) in [5.74, 6) is -2.71. The first-order valence-corrected chi connectivity index (χ1v) is 16.9. The fourth-order valence-electron chi connectivity index (χ4n) is 4.87. The maximum atomic E-state index is 15.1. The number of ether oxygens (including phenoxy) is 2. The van der Waals surface area contributed by atoms with E-state index in [1.54, 1.807) is 66.0 Å². The molecule has 0 unspecified atom stereocenters. The monoisotopic (exact) mass is 694 g/mol. The molecule has 1 heterocycles. The SMILES string of the molecule is CCOCCC1CSC(c2cc(F)c(C(F)(F)Oc3ccc(-c4ccc(/C=C/c5cc(F)c(Cl)c(F)c5)cc4)cc3)c(F)c2)SC1. The first kappa shape index (κ1) is 34.3. The van der Waals surface area contributed by atoms with Gasteiger partial charge in [0.25, 0.3) is 0 Å². The molecule has 4 aromatic rings. The zero-order valence-corrected chi connectivity index (χ0v) is 26.9. The average molecular weight is 695 g/mol. The lowest BCUT2D eigenvalue weighted by atomic mass is 10.0. The topological polar surface area (TPSA) is 18.5 Å². The van der Waals surface area contributed by atoms with E-state index in [9.17, 15) is 17.6 Å². The predicted molar refractivity (Wildman–Crippen MR) is 175 cm³/mol. The highest BCUT2D eigenvalue weighted by molar-refractivity contribution is 8.16. The molecule has 1 aliphatic rings. The molecule has 5 rings (SSSR count). The van der Waals surface area contributed by atoms with Crippen LogP contribution >= 0.6 is 35.1 Å². The molecule has 0 N–H and O–H groups in total. The number of thioether (sulfide) groups is 2. The van der Waals surface area contributed by atoms with E-state index in [4.69, 9.17) is 21.1 Å². The van der Waals surface area contributed by atoms with Gasteiger partial charge in [0.05, 0.1) is 4.58 Å². The van der Waals surface area contributed by atoms with Gasteiger partial charge in [0.2, 0.25) is 0 Å². The molecule has 0 aromatic heterocycles. The molecule has 0 saturated carbocycles. The fourth-order valence-corrected chi connectivity index (χ4v) is 8.10. The number of halogens is 7. The largest absolute Gasteiger partial charge is 0.432 e. The normalized spacial score (nSPS) is 17.0. The third kappa shape index (κ3) is 8.45. The third-order valence-electron chi connectivity index (χ3n) is 7.29. The fraction of sp³-hybridized carbons (Fsp3) is 0.257. The van der Waals surface area contributed by atoms with E-state index in [0.717, 1.165) is 53.3 Å². The molecule has 4 aromatic carbocycles. The van der Waals surface area contributed by atoms with Gasteiger partial charge >= 0.3 is 6.11 Å². The van der Waals surface area contributed by atoms with Crippen LogP contribution in [0.1, 0.15) is 40.2 Å². The highest BCUT2D eigenvalue weighted by Crippen LogP contribution is 2.47. The van der Waals surface area contributed by atoms with Gasteiger partial charge in [0, 0.05) is 13.2 Å². The highest BCUT2D eigenvalue weighted by atomic mass is 35.5. The zero-order chi connectivity index (χ0) is 32.8. The minimum absolute atomic E-state index is 0.258. The van der Waals surface area contributed by atoms with E-state index in [1.807, 2.05) is 6.92 Å². The number of hydrogen-bond acceptors (Lipinski definition) is 4. The van der Waals surface area contributed by atoms with Crippen molar-refractivity contribution >= 4 is 47.3 Å². The molecule has 0 bridgehead atoms. The van der Waals surface area contributed by atoms with E-state index < -0.39 is 40.0 Å².